The van der Waals surface area contributed by atoms with E-state index in [4.69, 9.17) is 15.2 Å². The fraction of sp³-hybridized carbons (Fsp3) is 0.250. The van der Waals surface area contributed by atoms with Gasteiger partial charge in [-0.05, 0) is 43.7 Å². The molecule has 0 aliphatic heterocycles. The number of anilines is 1. The Hall–Kier alpha value is -2.56. The summed E-state index contributed by atoms with van der Waals surface area (Å²) in [7, 11) is 0. The average molecular weight is 286 g/mol. The predicted molar refractivity (Wildman–Crippen MR) is 80.1 cm³/mol. The van der Waals surface area contributed by atoms with E-state index in [9.17, 15) is 4.79 Å². The van der Waals surface area contributed by atoms with Crippen molar-refractivity contribution in [2.24, 2.45) is 0 Å². The first-order chi connectivity index (χ1) is 10.1. The number of aromatic nitrogens is 1. The van der Waals surface area contributed by atoms with Crippen molar-refractivity contribution in [1.82, 2.24) is 4.98 Å². The third kappa shape index (κ3) is 3.72. The summed E-state index contributed by atoms with van der Waals surface area (Å²) in [6.45, 7) is 4.29. The van der Waals surface area contributed by atoms with Gasteiger partial charge in [-0.3, -0.25) is 4.98 Å². The summed E-state index contributed by atoms with van der Waals surface area (Å²) >= 11 is 0. The normalized spacial score (nSPS) is 10.2. The van der Waals surface area contributed by atoms with E-state index in [1.165, 1.54) is 0 Å². The Morgan fingerprint density at radius 3 is 2.86 bits per heavy atom. The molecule has 5 heteroatoms. The highest BCUT2D eigenvalue weighted by atomic mass is 16.5. The number of hydrogen-bond donors (Lipinski definition) is 1. The number of ether oxygens (including phenoxy) is 2. The van der Waals surface area contributed by atoms with E-state index in [2.05, 4.69) is 4.98 Å². The molecule has 0 bridgehead atoms. The van der Waals surface area contributed by atoms with Gasteiger partial charge in [0.15, 0.2) is 0 Å². The molecule has 0 unspecified atom stereocenters. The molecule has 1 heterocycles. The first kappa shape index (κ1) is 14.8. The van der Waals surface area contributed by atoms with Gasteiger partial charge in [-0.2, -0.15) is 0 Å². The number of carbonyl (C=O) groups is 1. The highest BCUT2D eigenvalue weighted by Crippen LogP contribution is 2.23. The number of esters is 1. The van der Waals surface area contributed by atoms with Crippen LogP contribution in [0.15, 0.2) is 36.5 Å². The molecular weight excluding hydrogens is 268 g/mol. The minimum atomic E-state index is -0.447. The van der Waals surface area contributed by atoms with Gasteiger partial charge < -0.3 is 15.2 Å². The number of hydrogen-bond acceptors (Lipinski definition) is 5. The topological polar surface area (TPSA) is 74.4 Å². The van der Waals surface area contributed by atoms with Crippen molar-refractivity contribution in [3.8, 4) is 5.75 Å². The van der Waals surface area contributed by atoms with Crippen LogP contribution in [0.25, 0.3) is 0 Å². The summed E-state index contributed by atoms with van der Waals surface area (Å²) < 4.78 is 10.7. The highest BCUT2D eigenvalue weighted by molar-refractivity contribution is 5.93. The number of pyridine rings is 1. The van der Waals surface area contributed by atoms with Crippen LogP contribution in [0, 0.1) is 6.92 Å². The molecule has 0 radical (unpaired) electrons. The number of nitrogens with zero attached hydrogens (tertiary/aromatic N) is 1. The zero-order chi connectivity index (χ0) is 15.2. The van der Waals surface area contributed by atoms with Crippen molar-refractivity contribution in [3.05, 3.63) is 53.3 Å². The van der Waals surface area contributed by atoms with Gasteiger partial charge in [0.25, 0.3) is 0 Å². The Bertz CT molecular complexity index is 641. The van der Waals surface area contributed by atoms with Crippen molar-refractivity contribution in [2.45, 2.75) is 20.5 Å². The largest absolute Gasteiger partial charge is 0.486 e. The summed E-state index contributed by atoms with van der Waals surface area (Å²) in [6.07, 6.45) is 1.71. The highest BCUT2D eigenvalue weighted by Gasteiger charge is 2.14. The van der Waals surface area contributed by atoms with Gasteiger partial charge in [-0.15, -0.1) is 0 Å². The van der Waals surface area contributed by atoms with Crippen LogP contribution >= 0.6 is 0 Å². The third-order valence-electron chi connectivity index (χ3n) is 2.98. The Labute approximate surface area is 123 Å². The second-order valence-corrected chi connectivity index (χ2v) is 4.53. The quantitative estimate of drug-likeness (QED) is 0.675. The molecule has 1 aromatic carbocycles. The molecule has 110 valence electrons. The summed E-state index contributed by atoms with van der Waals surface area (Å²) in [4.78, 5) is 16.2. The fourth-order valence-electron chi connectivity index (χ4n) is 1.86. The lowest BCUT2D eigenvalue weighted by Gasteiger charge is -2.12. The maximum atomic E-state index is 11.9. The Morgan fingerprint density at radius 2 is 2.14 bits per heavy atom. The molecule has 2 N–H and O–H groups in total. The molecule has 0 saturated carbocycles. The monoisotopic (exact) mass is 286 g/mol. The zero-order valence-corrected chi connectivity index (χ0v) is 12.1. The molecule has 0 saturated heterocycles. The summed E-state index contributed by atoms with van der Waals surface area (Å²) in [5.41, 5.74) is 8.38. The molecule has 0 atom stereocenters. The molecule has 2 aromatic rings. The van der Waals surface area contributed by atoms with E-state index in [1.807, 2.05) is 19.1 Å². The average Bonchev–Trinajstić information content (AvgIpc) is 2.47. The molecule has 0 fully saturated rings. The Morgan fingerprint density at radius 1 is 1.33 bits per heavy atom. The van der Waals surface area contributed by atoms with Crippen LogP contribution in [-0.2, 0) is 11.3 Å². The summed E-state index contributed by atoms with van der Waals surface area (Å²) in [5, 5.41) is 0. The number of rotatable bonds is 5. The van der Waals surface area contributed by atoms with Crippen LogP contribution in [0.1, 0.15) is 28.5 Å². The Kier molecular flexibility index (Phi) is 4.77. The number of benzene rings is 1. The first-order valence-electron chi connectivity index (χ1n) is 6.71. The Balaban J connectivity index is 2.20. The lowest BCUT2D eigenvalue weighted by Crippen LogP contribution is -2.09. The van der Waals surface area contributed by atoms with Crippen molar-refractivity contribution in [2.75, 3.05) is 12.3 Å². The van der Waals surface area contributed by atoms with Gasteiger partial charge in [0, 0.05) is 11.9 Å². The molecule has 0 aliphatic rings. The van der Waals surface area contributed by atoms with Gasteiger partial charge in [0.1, 0.15) is 17.9 Å². The van der Waals surface area contributed by atoms with Crippen molar-refractivity contribution in [1.29, 1.82) is 0 Å². The molecule has 2 rings (SSSR count). The van der Waals surface area contributed by atoms with Crippen molar-refractivity contribution < 1.29 is 14.3 Å². The van der Waals surface area contributed by atoms with Crippen LogP contribution in [0.4, 0.5) is 5.69 Å². The molecule has 21 heavy (non-hydrogen) atoms. The second-order valence-electron chi connectivity index (χ2n) is 4.53. The van der Waals surface area contributed by atoms with Crippen LogP contribution in [0.3, 0.4) is 0 Å². The molecule has 5 nitrogen and oxygen atoms in total. The lowest BCUT2D eigenvalue weighted by molar-refractivity contribution is 0.0521. The molecule has 0 spiro atoms. The van der Waals surface area contributed by atoms with E-state index in [1.54, 1.807) is 31.3 Å². The molecular formula is C16H18N2O3. The van der Waals surface area contributed by atoms with Crippen molar-refractivity contribution in [3.63, 3.8) is 0 Å². The number of carbonyl (C=O) groups excluding carboxylic acids is 1. The standard InChI is InChI=1S/C16H18N2O3/c1-3-20-16(19)13-9-12(17)6-7-15(13)21-10-14-11(2)5-4-8-18-14/h4-9H,3,10,17H2,1-2H3. The van der Waals surface area contributed by atoms with Crippen LogP contribution < -0.4 is 10.5 Å². The lowest BCUT2D eigenvalue weighted by atomic mass is 10.1. The van der Waals surface area contributed by atoms with Crippen LogP contribution in [0.5, 0.6) is 5.75 Å². The minimum absolute atomic E-state index is 0.281. The van der Waals surface area contributed by atoms with Gasteiger partial charge in [-0.1, -0.05) is 6.07 Å². The summed E-state index contributed by atoms with van der Waals surface area (Å²) in [5.74, 6) is -0.00903. The third-order valence-corrected chi connectivity index (χ3v) is 2.98. The van der Waals surface area contributed by atoms with Gasteiger partial charge in [0.2, 0.25) is 0 Å². The van der Waals surface area contributed by atoms with E-state index in [-0.39, 0.29) is 6.61 Å². The maximum Gasteiger partial charge on any atom is 0.341 e. The zero-order valence-electron chi connectivity index (χ0n) is 12.1. The number of nitrogen functional groups attached to an aromatic ring is 1. The van der Waals surface area contributed by atoms with Gasteiger partial charge in [-0.25, -0.2) is 4.79 Å². The summed E-state index contributed by atoms with van der Waals surface area (Å²) in [6, 6.07) is 8.73. The van der Waals surface area contributed by atoms with E-state index in [0.29, 0.717) is 23.6 Å². The van der Waals surface area contributed by atoms with E-state index < -0.39 is 5.97 Å². The maximum absolute atomic E-state index is 11.9. The van der Waals surface area contributed by atoms with Crippen molar-refractivity contribution >= 4 is 11.7 Å². The van der Waals surface area contributed by atoms with E-state index in [0.717, 1.165) is 11.3 Å². The number of nitrogens with two attached hydrogens (primary N) is 1. The van der Waals surface area contributed by atoms with E-state index >= 15 is 0 Å². The van der Waals surface area contributed by atoms with Crippen LogP contribution in [0.2, 0.25) is 0 Å². The molecule has 0 aliphatic carbocycles. The molecule has 1 aromatic heterocycles. The van der Waals surface area contributed by atoms with Gasteiger partial charge >= 0.3 is 5.97 Å². The smallest absolute Gasteiger partial charge is 0.341 e. The van der Waals surface area contributed by atoms with Gasteiger partial charge in [0.05, 0.1) is 12.3 Å². The first-order valence-corrected chi connectivity index (χ1v) is 6.71. The number of aryl methyl sites for hydroxylation is 1. The predicted octanol–water partition coefficient (Wildman–Crippen LogP) is 2.73. The molecule has 0 amide bonds. The minimum Gasteiger partial charge on any atom is -0.486 e. The fourth-order valence-corrected chi connectivity index (χ4v) is 1.86. The second kappa shape index (κ2) is 6.74. The SMILES string of the molecule is CCOC(=O)c1cc(N)ccc1OCc1ncccc1C. The van der Waals surface area contributed by atoms with Crippen LogP contribution in [-0.4, -0.2) is 17.6 Å².